The van der Waals surface area contributed by atoms with Crippen LogP contribution in [0.3, 0.4) is 0 Å². The molecule has 4 atom stereocenters. The number of hydrogen-bond donors (Lipinski definition) is 7. The second-order valence-electron chi connectivity index (χ2n) is 8.44. The zero-order chi connectivity index (χ0) is 27.4. The molecule has 2 aromatic rings. The number of benzene rings is 1. The Bertz CT molecular complexity index is 1070. The maximum atomic E-state index is 13.4. The summed E-state index contributed by atoms with van der Waals surface area (Å²) >= 11 is 7.03. The second kappa shape index (κ2) is 15.8. The number of nitrogens with one attached hydrogen (secondary N) is 4. The van der Waals surface area contributed by atoms with Crippen molar-refractivity contribution in [3.63, 3.8) is 0 Å². The van der Waals surface area contributed by atoms with Crippen molar-refractivity contribution in [3.8, 4) is 0 Å². The number of carbonyl (C=O) groups is 4. The summed E-state index contributed by atoms with van der Waals surface area (Å²) in [6.07, 6.45) is 6.46. The van der Waals surface area contributed by atoms with Gasteiger partial charge in [-0.2, -0.15) is 36.2 Å². The van der Waals surface area contributed by atoms with Gasteiger partial charge in [-0.3, -0.25) is 14.4 Å². The Morgan fingerprint density at radius 2 is 1.54 bits per heavy atom. The molecule has 0 saturated carbocycles. The van der Waals surface area contributed by atoms with E-state index in [1.807, 2.05) is 36.8 Å². The lowest BCUT2D eigenvalue weighted by Gasteiger charge is -2.25. The number of carboxylic acid groups (broad SMARTS) is 1. The van der Waals surface area contributed by atoms with Gasteiger partial charge >= 0.3 is 5.97 Å². The Labute approximate surface area is 230 Å². The molecule has 0 aliphatic carbocycles. The fourth-order valence-corrected chi connectivity index (χ4v) is 4.83. The van der Waals surface area contributed by atoms with Crippen molar-refractivity contribution >= 4 is 70.7 Å². The first-order valence-corrected chi connectivity index (χ1v) is 15.2. The van der Waals surface area contributed by atoms with Crippen LogP contribution in [0.15, 0.2) is 30.5 Å². The number of fused-ring (bicyclic) bond motifs is 1. The van der Waals surface area contributed by atoms with E-state index in [1.54, 1.807) is 18.0 Å². The van der Waals surface area contributed by atoms with E-state index < -0.39 is 47.9 Å². The maximum Gasteiger partial charge on any atom is 0.327 e. The molecule has 1 aromatic carbocycles. The van der Waals surface area contributed by atoms with Crippen molar-refractivity contribution in [1.29, 1.82) is 0 Å². The molecule has 1 heterocycles. The van der Waals surface area contributed by atoms with Crippen LogP contribution in [0.25, 0.3) is 10.9 Å². The van der Waals surface area contributed by atoms with E-state index in [4.69, 9.17) is 5.73 Å². The molecule has 37 heavy (non-hydrogen) atoms. The predicted octanol–water partition coefficient (Wildman–Crippen LogP) is 1.01. The highest BCUT2D eigenvalue weighted by molar-refractivity contribution is 7.98. The van der Waals surface area contributed by atoms with Gasteiger partial charge in [0.2, 0.25) is 17.7 Å². The molecule has 3 amide bonds. The molecule has 0 aliphatic heterocycles. The van der Waals surface area contributed by atoms with Gasteiger partial charge in [-0.1, -0.05) is 18.2 Å². The summed E-state index contributed by atoms with van der Waals surface area (Å²) in [6, 6.07) is 3.63. The van der Waals surface area contributed by atoms with Crippen molar-refractivity contribution in [2.24, 2.45) is 5.73 Å². The van der Waals surface area contributed by atoms with Gasteiger partial charge < -0.3 is 31.8 Å². The van der Waals surface area contributed by atoms with E-state index >= 15 is 0 Å². The van der Waals surface area contributed by atoms with Gasteiger partial charge in [0.05, 0.1) is 6.04 Å². The normalized spacial score (nSPS) is 14.4. The molecule has 4 unspecified atom stereocenters. The fourth-order valence-electron chi connectivity index (χ4n) is 3.62. The number of aliphatic carboxylic acids is 1. The molecule has 0 fully saturated rings. The summed E-state index contributed by atoms with van der Waals surface area (Å²) in [5.41, 5.74) is 7.75. The summed E-state index contributed by atoms with van der Waals surface area (Å²) in [5.74, 6) is -1.72. The molecule has 0 aliphatic rings. The van der Waals surface area contributed by atoms with Crippen molar-refractivity contribution in [2.45, 2.75) is 43.4 Å². The largest absolute Gasteiger partial charge is 0.480 e. The maximum absolute atomic E-state index is 13.4. The number of carboxylic acids is 1. The van der Waals surface area contributed by atoms with E-state index in [0.717, 1.165) is 16.5 Å². The number of para-hydroxylation sites is 1. The molecule has 1 aromatic heterocycles. The summed E-state index contributed by atoms with van der Waals surface area (Å²) in [7, 11) is 0. The average molecular weight is 570 g/mol. The SMILES string of the molecule is CSCCC(N)C(=O)NC(Cc1c[nH]c2ccccc12)C(=O)NC(CCSC)C(=O)NC(CS)C(=O)O. The molecular formula is C24H35N5O5S3. The zero-order valence-electron chi connectivity index (χ0n) is 20.9. The van der Waals surface area contributed by atoms with Crippen LogP contribution in [0, 0.1) is 0 Å². The van der Waals surface area contributed by atoms with Crippen LogP contribution in [-0.2, 0) is 25.6 Å². The van der Waals surface area contributed by atoms with Gasteiger partial charge in [-0.05, 0) is 48.5 Å². The van der Waals surface area contributed by atoms with Crippen LogP contribution in [0.4, 0.5) is 0 Å². The number of hydrogen-bond acceptors (Lipinski definition) is 8. The molecule has 0 radical (unpaired) electrons. The molecule has 10 nitrogen and oxygen atoms in total. The number of H-pyrrole nitrogens is 1. The van der Waals surface area contributed by atoms with Crippen molar-refractivity contribution in [3.05, 3.63) is 36.0 Å². The van der Waals surface area contributed by atoms with Crippen LogP contribution in [0.2, 0.25) is 0 Å². The van der Waals surface area contributed by atoms with Crippen molar-refractivity contribution in [1.82, 2.24) is 20.9 Å². The number of carbonyl (C=O) groups excluding carboxylic acids is 3. The average Bonchev–Trinajstić information content (AvgIpc) is 3.29. The molecule has 0 saturated heterocycles. The smallest absolute Gasteiger partial charge is 0.327 e. The van der Waals surface area contributed by atoms with Gasteiger partial charge in [-0.25, -0.2) is 4.79 Å². The first kappa shape index (κ1) is 30.9. The lowest BCUT2D eigenvalue weighted by molar-refractivity contribution is -0.141. The summed E-state index contributed by atoms with van der Waals surface area (Å²) in [5, 5.41) is 18.1. The fraction of sp³-hybridized carbons (Fsp3) is 0.500. The highest BCUT2D eigenvalue weighted by Crippen LogP contribution is 2.19. The van der Waals surface area contributed by atoms with E-state index in [2.05, 4.69) is 33.6 Å². The minimum atomic E-state index is -1.22. The number of thiol groups is 1. The molecular weight excluding hydrogens is 534 g/mol. The predicted molar refractivity (Wildman–Crippen MR) is 153 cm³/mol. The molecule has 204 valence electrons. The third kappa shape index (κ3) is 9.47. The number of rotatable bonds is 16. The first-order valence-electron chi connectivity index (χ1n) is 11.7. The van der Waals surface area contributed by atoms with Gasteiger partial charge in [0.25, 0.3) is 0 Å². The van der Waals surface area contributed by atoms with Crippen LogP contribution >= 0.6 is 36.2 Å². The van der Waals surface area contributed by atoms with Gasteiger partial charge in [0.1, 0.15) is 18.1 Å². The standard InChI is InChI=1S/C24H35N5O5S3/c1-36-9-7-16(25)21(30)28-19(11-14-12-26-17-6-4-3-5-15(14)17)23(32)27-18(8-10-37-2)22(31)29-20(13-35)24(33)34/h3-6,12,16,18-20,26,35H,7-11,13,25H2,1-2H3,(H,27,32)(H,28,30)(H,29,31)(H,33,34). The highest BCUT2D eigenvalue weighted by Gasteiger charge is 2.30. The van der Waals surface area contributed by atoms with Crippen LogP contribution in [-0.4, -0.2) is 87.7 Å². The Balaban J connectivity index is 2.26. The Kier molecular flexibility index (Phi) is 13.2. The summed E-state index contributed by atoms with van der Waals surface area (Å²) in [4.78, 5) is 53.7. The topological polar surface area (TPSA) is 166 Å². The molecule has 0 spiro atoms. The Morgan fingerprint density at radius 1 is 0.946 bits per heavy atom. The van der Waals surface area contributed by atoms with Crippen molar-refractivity contribution < 1.29 is 24.3 Å². The number of aromatic amines is 1. The zero-order valence-corrected chi connectivity index (χ0v) is 23.4. The first-order chi connectivity index (χ1) is 17.7. The Hall–Kier alpha value is -2.35. The van der Waals surface area contributed by atoms with Gasteiger partial charge in [-0.15, -0.1) is 0 Å². The quantitative estimate of drug-likeness (QED) is 0.147. The minimum Gasteiger partial charge on any atom is -0.480 e. The van der Waals surface area contributed by atoms with E-state index in [1.165, 1.54) is 11.8 Å². The van der Waals surface area contributed by atoms with Crippen molar-refractivity contribution in [2.75, 3.05) is 29.8 Å². The van der Waals surface area contributed by atoms with Crippen LogP contribution in [0.5, 0.6) is 0 Å². The second-order valence-corrected chi connectivity index (χ2v) is 10.8. The van der Waals surface area contributed by atoms with E-state index in [-0.39, 0.29) is 18.6 Å². The third-order valence-electron chi connectivity index (χ3n) is 5.74. The number of nitrogens with two attached hydrogens (primary N) is 1. The lowest BCUT2D eigenvalue weighted by atomic mass is 10.0. The monoisotopic (exact) mass is 569 g/mol. The van der Waals surface area contributed by atoms with E-state index in [9.17, 15) is 24.3 Å². The van der Waals surface area contributed by atoms with Crippen LogP contribution < -0.4 is 21.7 Å². The molecule has 7 N–H and O–H groups in total. The number of aromatic nitrogens is 1. The lowest BCUT2D eigenvalue weighted by Crippen LogP contribution is -2.58. The Morgan fingerprint density at radius 3 is 2.19 bits per heavy atom. The molecule has 0 bridgehead atoms. The van der Waals surface area contributed by atoms with Crippen LogP contribution in [0.1, 0.15) is 18.4 Å². The van der Waals surface area contributed by atoms with Gasteiger partial charge in [0, 0.05) is 29.3 Å². The molecule has 2 rings (SSSR count). The highest BCUT2D eigenvalue weighted by atomic mass is 32.2. The number of thioether (sulfide) groups is 2. The minimum absolute atomic E-state index is 0.0998. The molecule has 13 heteroatoms. The van der Waals surface area contributed by atoms with Gasteiger partial charge in [0.15, 0.2) is 0 Å². The summed E-state index contributed by atoms with van der Waals surface area (Å²) < 4.78 is 0. The number of amides is 3. The van der Waals surface area contributed by atoms with E-state index in [0.29, 0.717) is 17.9 Å². The third-order valence-corrected chi connectivity index (χ3v) is 7.40. The summed E-state index contributed by atoms with van der Waals surface area (Å²) in [6.45, 7) is 0.